The van der Waals surface area contributed by atoms with Crippen molar-refractivity contribution in [3.63, 3.8) is 0 Å². The Labute approximate surface area is 118 Å². The minimum Gasteiger partial charge on any atom is -0.316 e. The maximum Gasteiger partial charge on any atom is -0.00143 e. The van der Waals surface area contributed by atoms with Gasteiger partial charge in [0.15, 0.2) is 0 Å². The minimum absolute atomic E-state index is 0.754. The van der Waals surface area contributed by atoms with Crippen LogP contribution < -0.4 is 5.32 Å². The average molecular weight is 257 g/mol. The number of allylic oxidation sites excluding steroid dienone is 1. The van der Waals surface area contributed by atoms with Crippen molar-refractivity contribution < 1.29 is 0 Å². The minimum atomic E-state index is 0.754. The fourth-order valence-electron chi connectivity index (χ4n) is 2.96. The van der Waals surface area contributed by atoms with Gasteiger partial charge in [0, 0.05) is 0 Å². The first kappa shape index (κ1) is 14.3. The van der Waals surface area contributed by atoms with Crippen LogP contribution in [0.5, 0.6) is 0 Å². The van der Waals surface area contributed by atoms with Crippen LogP contribution >= 0.6 is 0 Å². The maximum absolute atomic E-state index is 3.44. The molecule has 1 unspecified atom stereocenters. The van der Waals surface area contributed by atoms with Gasteiger partial charge < -0.3 is 5.32 Å². The summed E-state index contributed by atoms with van der Waals surface area (Å²) in [5.41, 5.74) is 3.18. The summed E-state index contributed by atoms with van der Waals surface area (Å²) in [5.74, 6) is 0.754. The molecular weight excluding hydrogens is 230 g/mol. The Kier molecular flexibility index (Phi) is 6.16. The lowest BCUT2D eigenvalue weighted by Gasteiger charge is -2.24. The lowest BCUT2D eigenvalue weighted by Crippen LogP contribution is -2.15. The Morgan fingerprint density at radius 3 is 3.00 bits per heavy atom. The van der Waals surface area contributed by atoms with Gasteiger partial charge in [0.2, 0.25) is 0 Å². The van der Waals surface area contributed by atoms with Crippen molar-refractivity contribution in [2.24, 2.45) is 0 Å². The van der Waals surface area contributed by atoms with Crippen molar-refractivity contribution in [3.05, 3.63) is 47.5 Å². The van der Waals surface area contributed by atoms with E-state index in [2.05, 4.69) is 48.7 Å². The van der Waals surface area contributed by atoms with Crippen LogP contribution in [0, 0.1) is 0 Å². The van der Waals surface area contributed by atoms with Gasteiger partial charge in [0.05, 0.1) is 0 Å². The van der Waals surface area contributed by atoms with E-state index >= 15 is 0 Å². The molecule has 0 radical (unpaired) electrons. The second-order valence-electron chi connectivity index (χ2n) is 5.53. The van der Waals surface area contributed by atoms with E-state index in [1.54, 1.807) is 11.1 Å². The number of rotatable bonds is 7. The molecule has 0 saturated carbocycles. The quantitative estimate of drug-likeness (QED) is 0.562. The van der Waals surface area contributed by atoms with Crippen molar-refractivity contribution in [1.29, 1.82) is 0 Å². The van der Waals surface area contributed by atoms with Crippen LogP contribution in [0.25, 0.3) is 0 Å². The molecule has 0 saturated heterocycles. The van der Waals surface area contributed by atoms with Crippen molar-refractivity contribution in [2.45, 2.75) is 51.4 Å². The molecule has 0 bridgehead atoms. The zero-order valence-corrected chi connectivity index (χ0v) is 12.2. The summed E-state index contributed by atoms with van der Waals surface area (Å²) in [4.78, 5) is 0. The fourth-order valence-corrected chi connectivity index (χ4v) is 2.96. The molecule has 0 spiro atoms. The van der Waals surface area contributed by atoms with E-state index in [9.17, 15) is 0 Å². The van der Waals surface area contributed by atoms with Crippen molar-refractivity contribution >= 4 is 0 Å². The highest BCUT2D eigenvalue weighted by Gasteiger charge is 2.17. The molecule has 1 aliphatic carbocycles. The highest BCUT2D eigenvalue weighted by Crippen LogP contribution is 2.33. The molecule has 1 aromatic rings. The van der Waals surface area contributed by atoms with E-state index in [4.69, 9.17) is 0 Å². The van der Waals surface area contributed by atoms with Crippen molar-refractivity contribution in [3.8, 4) is 0 Å². The van der Waals surface area contributed by atoms with Crippen LogP contribution in [0.4, 0.5) is 0 Å². The van der Waals surface area contributed by atoms with Gasteiger partial charge in [-0.25, -0.2) is 0 Å². The first-order valence-corrected chi connectivity index (χ1v) is 7.85. The number of nitrogens with one attached hydrogen (secondary N) is 1. The standard InChI is InChI=1S/C18H27N/c1-2-14-19-15-7-3-4-9-16-11-8-12-17-10-5-6-13-18(16)17/h3-6,10,13,16,19H,2,7-9,11-12,14-15H2,1H3. The van der Waals surface area contributed by atoms with Crippen LogP contribution in [-0.2, 0) is 6.42 Å². The molecule has 0 aliphatic heterocycles. The Bertz CT molecular complexity index is 394. The van der Waals surface area contributed by atoms with E-state index in [0.29, 0.717) is 0 Å². The summed E-state index contributed by atoms with van der Waals surface area (Å²) < 4.78 is 0. The molecule has 1 aliphatic rings. The number of hydrogen-bond donors (Lipinski definition) is 1. The smallest absolute Gasteiger partial charge is 0.00143 e. The van der Waals surface area contributed by atoms with Gasteiger partial charge in [-0.15, -0.1) is 0 Å². The molecule has 1 atom stereocenters. The number of aryl methyl sites for hydroxylation is 1. The first-order valence-electron chi connectivity index (χ1n) is 7.85. The van der Waals surface area contributed by atoms with Gasteiger partial charge in [0.25, 0.3) is 0 Å². The van der Waals surface area contributed by atoms with Crippen LogP contribution in [-0.4, -0.2) is 13.1 Å². The summed E-state index contributed by atoms with van der Waals surface area (Å²) in [6.45, 7) is 4.47. The van der Waals surface area contributed by atoms with Crippen molar-refractivity contribution in [1.82, 2.24) is 5.32 Å². The Hall–Kier alpha value is -1.08. The molecule has 19 heavy (non-hydrogen) atoms. The summed E-state index contributed by atoms with van der Waals surface area (Å²) >= 11 is 0. The van der Waals surface area contributed by atoms with E-state index in [-0.39, 0.29) is 0 Å². The molecular formula is C18H27N. The zero-order chi connectivity index (χ0) is 13.3. The van der Waals surface area contributed by atoms with E-state index in [1.807, 2.05) is 0 Å². The topological polar surface area (TPSA) is 12.0 Å². The molecule has 0 fully saturated rings. The van der Waals surface area contributed by atoms with Gasteiger partial charge in [-0.05, 0) is 68.7 Å². The second kappa shape index (κ2) is 8.16. The summed E-state index contributed by atoms with van der Waals surface area (Å²) in [6.07, 6.45) is 12.3. The molecule has 0 heterocycles. The SMILES string of the molecule is CCCNCCC=CCC1CCCc2ccccc21. The number of benzene rings is 1. The third-order valence-corrected chi connectivity index (χ3v) is 4.00. The Balaban J connectivity index is 1.76. The predicted octanol–water partition coefficient (Wildman–Crippen LogP) is 4.44. The summed E-state index contributed by atoms with van der Waals surface area (Å²) in [6, 6.07) is 9.00. The van der Waals surface area contributed by atoms with E-state index in [0.717, 1.165) is 25.4 Å². The predicted molar refractivity (Wildman–Crippen MR) is 83.7 cm³/mol. The van der Waals surface area contributed by atoms with E-state index < -0.39 is 0 Å². The highest BCUT2D eigenvalue weighted by atomic mass is 14.8. The van der Waals surface area contributed by atoms with Crippen molar-refractivity contribution in [2.75, 3.05) is 13.1 Å². The number of hydrogen-bond acceptors (Lipinski definition) is 1. The highest BCUT2D eigenvalue weighted by molar-refractivity contribution is 5.32. The number of fused-ring (bicyclic) bond motifs is 1. The third-order valence-electron chi connectivity index (χ3n) is 4.00. The van der Waals surface area contributed by atoms with Crippen LogP contribution in [0.3, 0.4) is 0 Å². The monoisotopic (exact) mass is 257 g/mol. The van der Waals surface area contributed by atoms with Gasteiger partial charge in [0.1, 0.15) is 0 Å². The molecule has 1 nitrogen and oxygen atoms in total. The first-order chi connectivity index (χ1) is 9.42. The van der Waals surface area contributed by atoms with Crippen LogP contribution in [0.1, 0.15) is 56.1 Å². The fraction of sp³-hybridized carbons (Fsp3) is 0.556. The zero-order valence-electron chi connectivity index (χ0n) is 12.2. The molecule has 0 amide bonds. The van der Waals surface area contributed by atoms with Crippen LogP contribution in [0.15, 0.2) is 36.4 Å². The average Bonchev–Trinajstić information content (AvgIpc) is 2.46. The molecule has 1 aromatic carbocycles. The lowest BCUT2D eigenvalue weighted by atomic mass is 9.81. The Morgan fingerprint density at radius 2 is 2.11 bits per heavy atom. The largest absolute Gasteiger partial charge is 0.316 e. The van der Waals surface area contributed by atoms with Gasteiger partial charge in [-0.1, -0.05) is 43.3 Å². The van der Waals surface area contributed by atoms with Crippen LogP contribution in [0.2, 0.25) is 0 Å². The van der Waals surface area contributed by atoms with Gasteiger partial charge in [-0.3, -0.25) is 0 Å². The molecule has 1 N–H and O–H groups in total. The third kappa shape index (κ3) is 4.50. The van der Waals surface area contributed by atoms with Gasteiger partial charge in [-0.2, -0.15) is 0 Å². The lowest BCUT2D eigenvalue weighted by molar-refractivity contribution is 0.557. The second-order valence-corrected chi connectivity index (χ2v) is 5.53. The van der Waals surface area contributed by atoms with E-state index in [1.165, 1.54) is 32.1 Å². The summed E-state index contributed by atoms with van der Waals surface area (Å²) in [5, 5.41) is 3.44. The molecule has 1 heteroatoms. The molecule has 0 aromatic heterocycles. The normalized spacial score (nSPS) is 18.7. The Morgan fingerprint density at radius 1 is 1.21 bits per heavy atom. The summed E-state index contributed by atoms with van der Waals surface area (Å²) in [7, 11) is 0. The van der Waals surface area contributed by atoms with Gasteiger partial charge >= 0.3 is 0 Å². The molecule has 104 valence electrons. The maximum atomic E-state index is 3.44. The molecule has 2 rings (SSSR count).